The van der Waals surface area contributed by atoms with Crippen LogP contribution in [0.4, 0.5) is 16.4 Å². The SMILES string of the molecule is O=C(NCCNc1ccccn1)NCc1cccnc1N1CCOCC1. The summed E-state index contributed by atoms with van der Waals surface area (Å²) in [6, 6.07) is 9.33. The molecule has 3 heterocycles. The standard InChI is InChI=1S/C18H24N6O2/c25-18(22-9-8-20-16-5-1-2-6-19-16)23-14-15-4-3-7-21-17(15)24-10-12-26-13-11-24/h1-7H,8-14H2,(H,19,20)(H2,22,23,25). The van der Waals surface area contributed by atoms with Crippen molar-refractivity contribution < 1.29 is 9.53 Å². The Hall–Kier alpha value is -2.87. The summed E-state index contributed by atoms with van der Waals surface area (Å²) in [4.78, 5) is 22.8. The Bertz CT molecular complexity index is 691. The van der Waals surface area contributed by atoms with Crippen molar-refractivity contribution in [2.75, 3.05) is 49.6 Å². The minimum absolute atomic E-state index is 0.204. The van der Waals surface area contributed by atoms with E-state index in [1.165, 1.54) is 0 Å². The molecule has 0 atom stereocenters. The number of urea groups is 1. The van der Waals surface area contributed by atoms with Crippen LogP contribution in [0.2, 0.25) is 0 Å². The quantitative estimate of drug-likeness (QED) is 0.646. The number of anilines is 2. The van der Waals surface area contributed by atoms with E-state index in [-0.39, 0.29) is 6.03 Å². The van der Waals surface area contributed by atoms with Gasteiger partial charge < -0.3 is 25.6 Å². The van der Waals surface area contributed by atoms with Crippen LogP contribution in [0.25, 0.3) is 0 Å². The summed E-state index contributed by atoms with van der Waals surface area (Å²) >= 11 is 0. The van der Waals surface area contributed by atoms with Gasteiger partial charge >= 0.3 is 6.03 Å². The third-order valence-electron chi connectivity index (χ3n) is 4.00. The Morgan fingerprint density at radius 1 is 1.04 bits per heavy atom. The van der Waals surface area contributed by atoms with E-state index in [1.54, 1.807) is 12.4 Å². The Labute approximate surface area is 153 Å². The number of hydrogen-bond donors (Lipinski definition) is 3. The Morgan fingerprint density at radius 2 is 1.88 bits per heavy atom. The van der Waals surface area contributed by atoms with Gasteiger partial charge in [-0.1, -0.05) is 12.1 Å². The van der Waals surface area contributed by atoms with Crippen LogP contribution in [0.1, 0.15) is 5.56 Å². The van der Waals surface area contributed by atoms with Gasteiger partial charge in [-0.05, 0) is 18.2 Å². The highest BCUT2D eigenvalue weighted by Crippen LogP contribution is 2.18. The van der Waals surface area contributed by atoms with Gasteiger partial charge in [0.05, 0.1) is 13.2 Å². The van der Waals surface area contributed by atoms with E-state index < -0.39 is 0 Å². The van der Waals surface area contributed by atoms with Crippen LogP contribution in [0.15, 0.2) is 42.7 Å². The molecule has 3 rings (SSSR count). The lowest BCUT2D eigenvalue weighted by molar-refractivity contribution is 0.122. The molecule has 0 aliphatic carbocycles. The zero-order valence-corrected chi connectivity index (χ0v) is 14.6. The molecule has 1 aliphatic heterocycles. The third kappa shape index (κ3) is 5.32. The number of pyridine rings is 2. The predicted octanol–water partition coefficient (Wildman–Crippen LogP) is 1.22. The molecule has 2 aromatic rings. The maximum Gasteiger partial charge on any atom is 0.315 e. The van der Waals surface area contributed by atoms with Crippen LogP contribution in [-0.4, -0.2) is 55.4 Å². The highest BCUT2D eigenvalue weighted by atomic mass is 16.5. The summed E-state index contributed by atoms with van der Waals surface area (Å²) in [6.45, 7) is 4.58. The molecule has 8 heteroatoms. The highest BCUT2D eigenvalue weighted by Gasteiger charge is 2.16. The first-order chi connectivity index (χ1) is 12.8. The van der Waals surface area contributed by atoms with Crippen LogP contribution in [0.5, 0.6) is 0 Å². The van der Waals surface area contributed by atoms with Crippen molar-refractivity contribution in [3.63, 3.8) is 0 Å². The van der Waals surface area contributed by atoms with Gasteiger partial charge in [-0.2, -0.15) is 0 Å². The molecule has 1 fully saturated rings. The monoisotopic (exact) mass is 356 g/mol. The largest absolute Gasteiger partial charge is 0.378 e. The van der Waals surface area contributed by atoms with E-state index >= 15 is 0 Å². The van der Waals surface area contributed by atoms with Gasteiger partial charge in [0.1, 0.15) is 11.6 Å². The van der Waals surface area contributed by atoms with Crippen LogP contribution >= 0.6 is 0 Å². The number of ether oxygens (including phenoxy) is 1. The average molecular weight is 356 g/mol. The maximum atomic E-state index is 12.0. The second-order valence-corrected chi connectivity index (χ2v) is 5.84. The fourth-order valence-electron chi connectivity index (χ4n) is 2.70. The molecular formula is C18H24N6O2. The first-order valence-electron chi connectivity index (χ1n) is 8.76. The molecule has 1 saturated heterocycles. The van der Waals surface area contributed by atoms with Crippen LogP contribution in [0.3, 0.4) is 0 Å². The predicted molar refractivity (Wildman–Crippen MR) is 100 cm³/mol. The summed E-state index contributed by atoms with van der Waals surface area (Å²) in [5.41, 5.74) is 0.996. The number of nitrogens with one attached hydrogen (secondary N) is 3. The first kappa shape index (κ1) is 17.9. The Kier molecular flexibility index (Phi) is 6.60. The molecule has 0 radical (unpaired) electrons. The molecule has 2 aromatic heterocycles. The second kappa shape index (κ2) is 9.57. The molecule has 1 aliphatic rings. The Balaban J connectivity index is 1.41. The molecule has 8 nitrogen and oxygen atoms in total. The topological polar surface area (TPSA) is 91.4 Å². The van der Waals surface area contributed by atoms with E-state index in [9.17, 15) is 4.79 Å². The van der Waals surface area contributed by atoms with Gasteiger partial charge in [-0.15, -0.1) is 0 Å². The summed E-state index contributed by atoms with van der Waals surface area (Å²) < 4.78 is 5.39. The molecule has 26 heavy (non-hydrogen) atoms. The fraction of sp³-hybridized carbons (Fsp3) is 0.389. The average Bonchev–Trinajstić information content (AvgIpc) is 2.71. The smallest absolute Gasteiger partial charge is 0.315 e. The van der Waals surface area contributed by atoms with Crippen molar-refractivity contribution in [2.45, 2.75) is 6.54 Å². The Morgan fingerprint density at radius 3 is 2.69 bits per heavy atom. The van der Waals surface area contributed by atoms with Crippen LogP contribution < -0.4 is 20.9 Å². The van der Waals surface area contributed by atoms with Crippen molar-refractivity contribution in [1.29, 1.82) is 0 Å². The summed E-state index contributed by atoms with van der Waals surface area (Å²) in [5, 5.41) is 8.86. The lowest BCUT2D eigenvalue weighted by Crippen LogP contribution is -2.39. The molecule has 0 saturated carbocycles. The zero-order chi connectivity index (χ0) is 18.0. The number of morpholine rings is 1. The van der Waals surface area contributed by atoms with Crippen LogP contribution in [-0.2, 0) is 11.3 Å². The van der Waals surface area contributed by atoms with Crippen molar-refractivity contribution >= 4 is 17.7 Å². The maximum absolute atomic E-state index is 12.0. The summed E-state index contributed by atoms with van der Waals surface area (Å²) in [6.07, 6.45) is 3.50. The minimum Gasteiger partial charge on any atom is -0.378 e. The lowest BCUT2D eigenvalue weighted by Gasteiger charge is -2.29. The molecule has 2 amide bonds. The number of amides is 2. The van der Waals surface area contributed by atoms with E-state index in [1.807, 2.05) is 30.3 Å². The number of nitrogens with zero attached hydrogens (tertiary/aromatic N) is 3. The van der Waals surface area contributed by atoms with E-state index in [2.05, 4.69) is 30.8 Å². The molecule has 138 valence electrons. The van der Waals surface area contributed by atoms with E-state index in [4.69, 9.17) is 4.74 Å². The van der Waals surface area contributed by atoms with Gasteiger partial charge in [-0.25, -0.2) is 14.8 Å². The van der Waals surface area contributed by atoms with Crippen molar-refractivity contribution in [1.82, 2.24) is 20.6 Å². The van der Waals surface area contributed by atoms with Gasteiger partial charge in [0.25, 0.3) is 0 Å². The molecular weight excluding hydrogens is 332 g/mol. The summed E-state index contributed by atoms with van der Waals surface area (Å²) in [5.74, 6) is 1.70. The number of aromatic nitrogens is 2. The van der Waals surface area contributed by atoms with E-state index in [0.29, 0.717) is 32.8 Å². The molecule has 0 aromatic carbocycles. The highest BCUT2D eigenvalue weighted by molar-refractivity contribution is 5.74. The second-order valence-electron chi connectivity index (χ2n) is 5.84. The first-order valence-corrected chi connectivity index (χ1v) is 8.76. The number of rotatable bonds is 7. The van der Waals surface area contributed by atoms with E-state index in [0.717, 1.165) is 30.3 Å². The van der Waals surface area contributed by atoms with Gasteiger partial charge in [0.15, 0.2) is 0 Å². The lowest BCUT2D eigenvalue weighted by atomic mass is 10.2. The minimum atomic E-state index is -0.204. The van der Waals surface area contributed by atoms with Gasteiger partial charge in [0, 0.05) is 50.7 Å². The molecule has 0 bridgehead atoms. The van der Waals surface area contributed by atoms with Crippen molar-refractivity contribution in [2.24, 2.45) is 0 Å². The molecule has 0 spiro atoms. The summed E-state index contributed by atoms with van der Waals surface area (Å²) in [7, 11) is 0. The fourth-order valence-corrected chi connectivity index (χ4v) is 2.70. The number of carbonyl (C=O) groups excluding carboxylic acids is 1. The zero-order valence-electron chi connectivity index (χ0n) is 14.6. The van der Waals surface area contributed by atoms with Crippen molar-refractivity contribution in [3.8, 4) is 0 Å². The third-order valence-corrected chi connectivity index (χ3v) is 4.00. The molecule has 3 N–H and O–H groups in total. The number of carbonyl (C=O) groups is 1. The molecule has 0 unspecified atom stereocenters. The number of hydrogen-bond acceptors (Lipinski definition) is 6. The normalized spacial score (nSPS) is 13.9. The van der Waals surface area contributed by atoms with Gasteiger partial charge in [0.2, 0.25) is 0 Å². The van der Waals surface area contributed by atoms with Crippen molar-refractivity contribution in [3.05, 3.63) is 48.3 Å². The van der Waals surface area contributed by atoms with Gasteiger partial charge in [-0.3, -0.25) is 0 Å². The van der Waals surface area contributed by atoms with Crippen LogP contribution in [0, 0.1) is 0 Å².